The molecule has 2 rings (SSSR count). The Kier molecular flexibility index (Phi) is 4.31. The van der Waals surface area contributed by atoms with Gasteiger partial charge in [0, 0.05) is 5.92 Å². The zero-order chi connectivity index (χ0) is 13.2. The Labute approximate surface area is 110 Å². The lowest BCUT2D eigenvalue weighted by Crippen LogP contribution is -2.47. The smallest absolute Gasteiger partial charge is 0.223 e. The molecule has 0 saturated heterocycles. The Balaban J connectivity index is 1.81. The van der Waals surface area contributed by atoms with Gasteiger partial charge in [-0.1, -0.05) is 26.7 Å². The molecule has 18 heavy (non-hydrogen) atoms. The molecular formula is C15H27NO2. The van der Waals surface area contributed by atoms with Gasteiger partial charge in [-0.3, -0.25) is 4.79 Å². The molecule has 2 fully saturated rings. The highest BCUT2D eigenvalue weighted by Crippen LogP contribution is 2.38. The first-order valence-corrected chi connectivity index (χ1v) is 7.46. The van der Waals surface area contributed by atoms with E-state index < -0.39 is 0 Å². The molecule has 2 aliphatic rings. The van der Waals surface area contributed by atoms with Crippen LogP contribution in [-0.2, 0) is 4.79 Å². The van der Waals surface area contributed by atoms with Gasteiger partial charge in [0.15, 0.2) is 0 Å². The molecule has 0 aromatic rings. The molecule has 2 N–H and O–H groups in total. The molecule has 0 aromatic heterocycles. The van der Waals surface area contributed by atoms with Gasteiger partial charge in [0.1, 0.15) is 0 Å². The second kappa shape index (κ2) is 5.60. The highest BCUT2D eigenvalue weighted by atomic mass is 16.3. The van der Waals surface area contributed by atoms with Crippen LogP contribution in [0.15, 0.2) is 0 Å². The van der Waals surface area contributed by atoms with Gasteiger partial charge in [0.2, 0.25) is 5.91 Å². The zero-order valence-corrected chi connectivity index (χ0v) is 11.7. The van der Waals surface area contributed by atoms with Gasteiger partial charge in [-0.25, -0.2) is 0 Å². The van der Waals surface area contributed by atoms with Crippen molar-refractivity contribution in [3.05, 3.63) is 0 Å². The van der Waals surface area contributed by atoms with Crippen LogP contribution >= 0.6 is 0 Å². The normalized spacial score (nSPS) is 33.1. The predicted molar refractivity (Wildman–Crippen MR) is 72.1 cm³/mol. The number of aliphatic hydroxyl groups excluding tert-OH is 1. The summed E-state index contributed by atoms with van der Waals surface area (Å²) in [6, 6.07) is 0.00110. The van der Waals surface area contributed by atoms with Crippen LogP contribution in [0.25, 0.3) is 0 Å². The molecule has 1 amide bonds. The molecule has 0 radical (unpaired) electrons. The van der Waals surface area contributed by atoms with Crippen molar-refractivity contribution in [2.45, 2.75) is 77.4 Å². The van der Waals surface area contributed by atoms with Gasteiger partial charge < -0.3 is 10.4 Å². The molecule has 2 atom stereocenters. The zero-order valence-electron chi connectivity index (χ0n) is 11.7. The highest BCUT2D eigenvalue weighted by molar-refractivity contribution is 5.79. The van der Waals surface area contributed by atoms with E-state index in [9.17, 15) is 9.90 Å². The van der Waals surface area contributed by atoms with Crippen molar-refractivity contribution in [2.24, 2.45) is 11.3 Å². The van der Waals surface area contributed by atoms with Crippen molar-refractivity contribution in [1.29, 1.82) is 0 Å². The summed E-state index contributed by atoms with van der Waals surface area (Å²) in [7, 11) is 0. The van der Waals surface area contributed by atoms with Crippen LogP contribution in [0.4, 0.5) is 0 Å². The van der Waals surface area contributed by atoms with E-state index in [1.165, 1.54) is 0 Å². The van der Waals surface area contributed by atoms with E-state index in [0.717, 1.165) is 51.4 Å². The van der Waals surface area contributed by atoms with Crippen molar-refractivity contribution in [3.63, 3.8) is 0 Å². The third kappa shape index (κ3) is 3.47. The van der Waals surface area contributed by atoms with Crippen LogP contribution in [0.3, 0.4) is 0 Å². The number of carbonyl (C=O) groups excluding carboxylic acids is 1. The second-order valence-electron chi connectivity index (χ2n) is 6.91. The molecule has 2 unspecified atom stereocenters. The summed E-state index contributed by atoms with van der Waals surface area (Å²) in [6.07, 6.45) is 7.93. The fraction of sp³-hybridized carbons (Fsp3) is 0.933. The van der Waals surface area contributed by atoms with Crippen LogP contribution in [-0.4, -0.2) is 23.2 Å². The van der Waals surface area contributed by atoms with Gasteiger partial charge in [0.05, 0.1) is 12.1 Å². The van der Waals surface area contributed by atoms with Gasteiger partial charge in [-0.2, -0.15) is 0 Å². The minimum atomic E-state index is -0.331. The van der Waals surface area contributed by atoms with E-state index >= 15 is 0 Å². The molecule has 0 aliphatic heterocycles. The Bertz CT molecular complexity index is 291. The number of aliphatic hydroxyl groups is 1. The average molecular weight is 253 g/mol. The minimum Gasteiger partial charge on any atom is -0.391 e. The van der Waals surface area contributed by atoms with Crippen LogP contribution in [0.2, 0.25) is 0 Å². The van der Waals surface area contributed by atoms with Crippen molar-refractivity contribution in [2.75, 3.05) is 0 Å². The predicted octanol–water partition coefficient (Wildman–Crippen LogP) is 2.62. The lowest BCUT2D eigenvalue weighted by atomic mass is 9.73. The van der Waals surface area contributed by atoms with Gasteiger partial charge in [-0.05, 0) is 43.9 Å². The number of hydrogen-bond acceptors (Lipinski definition) is 2. The van der Waals surface area contributed by atoms with Crippen molar-refractivity contribution >= 4 is 5.91 Å². The van der Waals surface area contributed by atoms with Crippen molar-refractivity contribution in [1.82, 2.24) is 5.32 Å². The molecule has 0 spiro atoms. The summed E-state index contributed by atoms with van der Waals surface area (Å²) in [5.41, 5.74) is 0.404. The first kappa shape index (κ1) is 13.9. The van der Waals surface area contributed by atoms with E-state index in [4.69, 9.17) is 0 Å². The lowest BCUT2D eigenvalue weighted by Gasteiger charge is -2.35. The first-order valence-electron chi connectivity index (χ1n) is 7.46. The summed E-state index contributed by atoms with van der Waals surface area (Å²) >= 11 is 0. The number of carbonyl (C=O) groups is 1. The van der Waals surface area contributed by atoms with Gasteiger partial charge in [-0.15, -0.1) is 0 Å². The van der Waals surface area contributed by atoms with Crippen LogP contribution in [0.5, 0.6) is 0 Å². The molecule has 2 saturated carbocycles. The van der Waals surface area contributed by atoms with Crippen LogP contribution < -0.4 is 5.32 Å². The summed E-state index contributed by atoms with van der Waals surface area (Å²) in [5.74, 6) is 0.351. The molecule has 0 aromatic carbocycles. The number of nitrogens with one attached hydrogen (secondary N) is 1. The molecular weight excluding hydrogens is 226 g/mol. The number of amides is 1. The fourth-order valence-corrected chi connectivity index (χ4v) is 3.24. The SMILES string of the molecule is CC1(C)CCC(C(=O)NC2CCCCC2O)CC1. The maximum atomic E-state index is 12.2. The molecule has 2 aliphatic carbocycles. The Morgan fingerprint density at radius 2 is 1.72 bits per heavy atom. The third-order valence-corrected chi connectivity index (χ3v) is 4.77. The monoisotopic (exact) mass is 253 g/mol. The summed E-state index contributed by atoms with van der Waals surface area (Å²) in [4.78, 5) is 12.2. The second-order valence-corrected chi connectivity index (χ2v) is 6.91. The fourth-order valence-electron chi connectivity index (χ4n) is 3.24. The van der Waals surface area contributed by atoms with Crippen LogP contribution in [0, 0.1) is 11.3 Å². The minimum absolute atomic E-state index is 0.00110. The molecule has 0 bridgehead atoms. The first-order chi connectivity index (χ1) is 8.48. The standard InChI is InChI=1S/C15H27NO2/c1-15(2)9-7-11(8-10-15)14(18)16-12-5-3-4-6-13(12)17/h11-13,17H,3-10H2,1-2H3,(H,16,18). The Hall–Kier alpha value is -0.570. The summed E-state index contributed by atoms with van der Waals surface area (Å²) in [5, 5.41) is 13.0. The molecule has 3 heteroatoms. The lowest BCUT2D eigenvalue weighted by molar-refractivity contribution is -0.128. The van der Waals surface area contributed by atoms with E-state index in [0.29, 0.717) is 5.41 Å². The molecule has 3 nitrogen and oxygen atoms in total. The number of hydrogen-bond donors (Lipinski definition) is 2. The van der Waals surface area contributed by atoms with E-state index in [2.05, 4.69) is 19.2 Å². The van der Waals surface area contributed by atoms with E-state index in [-0.39, 0.29) is 24.0 Å². The van der Waals surface area contributed by atoms with E-state index in [1.54, 1.807) is 0 Å². The maximum Gasteiger partial charge on any atom is 0.223 e. The molecule has 104 valence electrons. The largest absolute Gasteiger partial charge is 0.391 e. The topological polar surface area (TPSA) is 49.3 Å². The molecule has 0 heterocycles. The highest BCUT2D eigenvalue weighted by Gasteiger charge is 2.32. The van der Waals surface area contributed by atoms with Crippen LogP contribution in [0.1, 0.15) is 65.2 Å². The Morgan fingerprint density at radius 3 is 2.33 bits per heavy atom. The third-order valence-electron chi connectivity index (χ3n) is 4.77. The van der Waals surface area contributed by atoms with Crippen molar-refractivity contribution in [3.8, 4) is 0 Å². The number of rotatable bonds is 2. The summed E-state index contributed by atoms with van der Waals surface area (Å²) in [6.45, 7) is 4.57. The van der Waals surface area contributed by atoms with Gasteiger partial charge in [0.25, 0.3) is 0 Å². The summed E-state index contributed by atoms with van der Waals surface area (Å²) < 4.78 is 0. The quantitative estimate of drug-likeness (QED) is 0.795. The maximum absolute atomic E-state index is 12.2. The van der Waals surface area contributed by atoms with Gasteiger partial charge >= 0.3 is 0 Å². The average Bonchev–Trinajstić information content (AvgIpc) is 2.32. The van der Waals surface area contributed by atoms with E-state index in [1.807, 2.05) is 0 Å². The Morgan fingerprint density at radius 1 is 1.11 bits per heavy atom. The van der Waals surface area contributed by atoms with Crippen molar-refractivity contribution < 1.29 is 9.90 Å².